The number of hydrogen-bond acceptors (Lipinski definition) is 2. The van der Waals surface area contributed by atoms with Gasteiger partial charge in [-0.25, -0.2) is 0 Å². The van der Waals surface area contributed by atoms with Crippen LogP contribution in [0.3, 0.4) is 0 Å². The van der Waals surface area contributed by atoms with Gasteiger partial charge < -0.3 is 11.5 Å². The van der Waals surface area contributed by atoms with E-state index in [-0.39, 0.29) is 5.57 Å². The summed E-state index contributed by atoms with van der Waals surface area (Å²) in [6.45, 7) is 1.83. The van der Waals surface area contributed by atoms with Gasteiger partial charge in [0.15, 0.2) is 0 Å². The van der Waals surface area contributed by atoms with Crippen LogP contribution in [0, 0.1) is 6.92 Å². The highest BCUT2D eigenvalue weighted by Crippen LogP contribution is 2.17. The highest BCUT2D eigenvalue weighted by atomic mass is 16.1. The molecular weight excluding hydrogens is 192 g/mol. The third kappa shape index (κ3) is 2.67. The zero-order valence-corrected chi connectivity index (χ0v) is 8.36. The summed E-state index contributed by atoms with van der Waals surface area (Å²) in [5, 5.41) is 0. The number of amides is 2. The number of rotatable bonds is 3. The lowest BCUT2D eigenvalue weighted by Crippen LogP contribution is -2.17. The molecule has 2 amide bonds. The Morgan fingerprint density at radius 1 is 1.20 bits per heavy atom. The second-order valence-corrected chi connectivity index (χ2v) is 3.14. The molecule has 0 saturated heterocycles. The Morgan fingerprint density at radius 2 is 1.80 bits per heavy atom. The summed E-state index contributed by atoms with van der Waals surface area (Å²) in [7, 11) is 0. The molecule has 0 fully saturated rings. The maximum atomic E-state index is 11.1. The Morgan fingerprint density at radius 3 is 2.27 bits per heavy atom. The van der Waals surface area contributed by atoms with E-state index in [0.717, 1.165) is 11.6 Å². The van der Waals surface area contributed by atoms with Crippen LogP contribution in [0.15, 0.2) is 30.3 Å². The SMILES string of the molecule is Cc1ccccc1C(=CC(N)=O)C(N)=O. The third-order valence-corrected chi connectivity index (χ3v) is 1.99. The number of primary amides is 2. The van der Waals surface area contributed by atoms with Crippen LogP contribution in [-0.2, 0) is 9.59 Å². The van der Waals surface area contributed by atoms with Gasteiger partial charge in [0.05, 0.1) is 5.57 Å². The van der Waals surface area contributed by atoms with Crippen molar-refractivity contribution in [2.24, 2.45) is 11.5 Å². The van der Waals surface area contributed by atoms with Crippen LogP contribution in [0.25, 0.3) is 5.57 Å². The van der Waals surface area contributed by atoms with E-state index >= 15 is 0 Å². The van der Waals surface area contributed by atoms with E-state index in [9.17, 15) is 9.59 Å². The zero-order valence-electron chi connectivity index (χ0n) is 8.36. The second kappa shape index (κ2) is 4.41. The van der Waals surface area contributed by atoms with Crippen LogP contribution >= 0.6 is 0 Å². The van der Waals surface area contributed by atoms with Crippen molar-refractivity contribution in [2.75, 3.05) is 0 Å². The number of carbonyl (C=O) groups is 2. The topological polar surface area (TPSA) is 86.2 Å². The van der Waals surface area contributed by atoms with E-state index in [4.69, 9.17) is 11.5 Å². The quantitative estimate of drug-likeness (QED) is 0.696. The summed E-state index contributed by atoms with van der Waals surface area (Å²) >= 11 is 0. The van der Waals surface area contributed by atoms with E-state index in [1.165, 1.54) is 0 Å². The van der Waals surface area contributed by atoms with Crippen LogP contribution < -0.4 is 11.5 Å². The molecule has 1 aromatic carbocycles. The van der Waals surface area contributed by atoms with Gasteiger partial charge in [-0.3, -0.25) is 9.59 Å². The Balaban J connectivity index is 3.29. The lowest BCUT2D eigenvalue weighted by atomic mass is 10.00. The normalized spacial score (nSPS) is 11.1. The van der Waals surface area contributed by atoms with Gasteiger partial charge >= 0.3 is 0 Å². The van der Waals surface area contributed by atoms with Gasteiger partial charge in [0, 0.05) is 6.08 Å². The van der Waals surface area contributed by atoms with Crippen molar-refractivity contribution in [1.82, 2.24) is 0 Å². The molecule has 0 aliphatic carbocycles. The monoisotopic (exact) mass is 204 g/mol. The minimum atomic E-state index is -0.688. The summed E-state index contributed by atoms with van der Waals surface area (Å²) < 4.78 is 0. The smallest absolute Gasteiger partial charge is 0.249 e. The zero-order chi connectivity index (χ0) is 11.4. The molecule has 78 valence electrons. The van der Waals surface area contributed by atoms with E-state index in [1.54, 1.807) is 12.1 Å². The minimum Gasteiger partial charge on any atom is -0.366 e. The highest BCUT2D eigenvalue weighted by molar-refractivity contribution is 6.23. The van der Waals surface area contributed by atoms with Crippen molar-refractivity contribution in [3.05, 3.63) is 41.5 Å². The molecule has 0 heterocycles. The Labute approximate surface area is 87.6 Å². The Bertz CT molecular complexity index is 436. The first-order valence-corrected chi connectivity index (χ1v) is 4.39. The van der Waals surface area contributed by atoms with Crippen LogP contribution in [0.5, 0.6) is 0 Å². The molecule has 4 heteroatoms. The molecule has 0 unspecified atom stereocenters. The molecule has 4 N–H and O–H groups in total. The van der Waals surface area contributed by atoms with Gasteiger partial charge in [-0.2, -0.15) is 0 Å². The fourth-order valence-corrected chi connectivity index (χ4v) is 1.30. The average Bonchev–Trinajstić information content (AvgIpc) is 2.15. The largest absolute Gasteiger partial charge is 0.366 e. The van der Waals surface area contributed by atoms with Crippen LogP contribution in [0.1, 0.15) is 11.1 Å². The first-order chi connectivity index (χ1) is 7.02. The Hall–Kier alpha value is -2.10. The maximum Gasteiger partial charge on any atom is 0.249 e. The van der Waals surface area contributed by atoms with Gasteiger partial charge in [0.2, 0.25) is 11.8 Å². The first kappa shape index (κ1) is 11.0. The molecule has 0 bridgehead atoms. The predicted octanol–water partition coefficient (Wildman–Crippen LogP) is 0.349. The lowest BCUT2D eigenvalue weighted by molar-refractivity contribution is -0.115. The average molecular weight is 204 g/mol. The third-order valence-electron chi connectivity index (χ3n) is 1.99. The number of nitrogens with two attached hydrogens (primary N) is 2. The van der Waals surface area contributed by atoms with Crippen molar-refractivity contribution in [1.29, 1.82) is 0 Å². The number of benzene rings is 1. The second-order valence-electron chi connectivity index (χ2n) is 3.14. The summed E-state index contributed by atoms with van der Waals surface area (Å²) in [5.74, 6) is -1.35. The van der Waals surface area contributed by atoms with E-state index in [0.29, 0.717) is 5.56 Å². The van der Waals surface area contributed by atoms with Crippen LogP contribution in [0.4, 0.5) is 0 Å². The summed E-state index contributed by atoms with van der Waals surface area (Å²) in [4.78, 5) is 21.9. The van der Waals surface area contributed by atoms with Crippen molar-refractivity contribution in [3.63, 3.8) is 0 Å². The summed E-state index contributed by atoms with van der Waals surface area (Å²) in [5.41, 5.74) is 11.8. The van der Waals surface area contributed by atoms with E-state index < -0.39 is 11.8 Å². The van der Waals surface area contributed by atoms with Crippen molar-refractivity contribution in [2.45, 2.75) is 6.92 Å². The molecule has 15 heavy (non-hydrogen) atoms. The maximum absolute atomic E-state index is 11.1. The molecule has 0 aromatic heterocycles. The van der Waals surface area contributed by atoms with Crippen LogP contribution in [-0.4, -0.2) is 11.8 Å². The van der Waals surface area contributed by atoms with Crippen molar-refractivity contribution < 1.29 is 9.59 Å². The molecular formula is C11H12N2O2. The molecule has 0 spiro atoms. The molecule has 1 rings (SSSR count). The molecule has 0 saturated carbocycles. The number of hydrogen-bond donors (Lipinski definition) is 2. The first-order valence-electron chi connectivity index (χ1n) is 4.39. The molecule has 1 aromatic rings. The van der Waals surface area contributed by atoms with Crippen LogP contribution in [0.2, 0.25) is 0 Å². The predicted molar refractivity (Wildman–Crippen MR) is 57.5 cm³/mol. The van der Waals surface area contributed by atoms with E-state index in [1.807, 2.05) is 19.1 Å². The minimum absolute atomic E-state index is 0.139. The fourth-order valence-electron chi connectivity index (χ4n) is 1.30. The lowest BCUT2D eigenvalue weighted by Gasteiger charge is -2.06. The van der Waals surface area contributed by atoms with E-state index in [2.05, 4.69) is 0 Å². The van der Waals surface area contributed by atoms with Gasteiger partial charge in [0.1, 0.15) is 0 Å². The van der Waals surface area contributed by atoms with Gasteiger partial charge in [-0.15, -0.1) is 0 Å². The van der Waals surface area contributed by atoms with Gasteiger partial charge in [-0.1, -0.05) is 24.3 Å². The molecule has 0 atom stereocenters. The fraction of sp³-hybridized carbons (Fsp3) is 0.0909. The number of aryl methyl sites for hydroxylation is 1. The molecule has 4 nitrogen and oxygen atoms in total. The summed E-state index contributed by atoms with van der Waals surface area (Å²) in [6.07, 6.45) is 1.05. The van der Waals surface area contributed by atoms with Crippen molar-refractivity contribution in [3.8, 4) is 0 Å². The standard InChI is InChI=1S/C11H12N2O2/c1-7-4-2-3-5-8(7)9(11(13)15)6-10(12)14/h2-6H,1H3,(H2,12,14)(H2,13,15). The van der Waals surface area contributed by atoms with Gasteiger partial charge in [0.25, 0.3) is 0 Å². The Kier molecular flexibility index (Phi) is 3.23. The highest BCUT2D eigenvalue weighted by Gasteiger charge is 2.11. The summed E-state index contributed by atoms with van der Waals surface area (Å²) in [6, 6.07) is 7.14. The van der Waals surface area contributed by atoms with Crippen molar-refractivity contribution >= 4 is 17.4 Å². The number of carbonyl (C=O) groups excluding carboxylic acids is 2. The molecule has 0 radical (unpaired) electrons. The molecule has 0 aliphatic heterocycles. The molecule has 0 aliphatic rings. The van der Waals surface area contributed by atoms with Gasteiger partial charge in [-0.05, 0) is 18.1 Å².